The van der Waals surface area contributed by atoms with Gasteiger partial charge in [-0.2, -0.15) is 0 Å². The van der Waals surface area contributed by atoms with Crippen LogP contribution >= 0.6 is 0 Å². The molecule has 0 radical (unpaired) electrons. The van der Waals surface area contributed by atoms with Gasteiger partial charge in [-0.1, -0.05) is 108 Å². The molecule has 7 rings (SSSR count). The zero-order chi connectivity index (χ0) is 33.6. The van der Waals surface area contributed by atoms with Gasteiger partial charge in [-0.15, -0.1) is 0 Å². The first-order valence-electron chi connectivity index (χ1n) is 16.6. The smallest absolute Gasteiger partial charge is 0.149 e. The van der Waals surface area contributed by atoms with Crippen molar-refractivity contribution in [1.29, 1.82) is 0 Å². The van der Waals surface area contributed by atoms with Crippen molar-refractivity contribution < 1.29 is 5.11 Å². The number of para-hydroxylation sites is 1. The first-order valence-corrected chi connectivity index (χ1v) is 16.6. The Kier molecular flexibility index (Phi) is 7.75. The molecule has 0 aliphatic carbocycles. The van der Waals surface area contributed by atoms with Gasteiger partial charge < -0.3 is 5.11 Å². The van der Waals surface area contributed by atoms with Crippen LogP contribution in [0.25, 0.3) is 61.6 Å². The van der Waals surface area contributed by atoms with Crippen LogP contribution in [0.3, 0.4) is 0 Å². The number of benzene rings is 5. The van der Waals surface area contributed by atoms with E-state index in [1.165, 1.54) is 11.1 Å². The molecule has 0 amide bonds. The third-order valence-corrected chi connectivity index (χ3v) is 9.06. The lowest BCUT2D eigenvalue weighted by Crippen LogP contribution is -2.12. The van der Waals surface area contributed by atoms with Crippen LogP contribution in [-0.2, 0) is 10.8 Å². The Morgan fingerprint density at radius 1 is 0.542 bits per heavy atom. The summed E-state index contributed by atoms with van der Waals surface area (Å²) in [5.74, 6) is 0.881. The minimum atomic E-state index is -0.125. The van der Waals surface area contributed by atoms with Crippen LogP contribution in [0, 0.1) is 0 Å². The molecule has 0 unspecified atom stereocenters. The minimum Gasteiger partial charge on any atom is -0.507 e. The van der Waals surface area contributed by atoms with Crippen LogP contribution < -0.4 is 0 Å². The summed E-state index contributed by atoms with van der Waals surface area (Å²) in [6.45, 7) is 13.5. The quantitative estimate of drug-likeness (QED) is 0.207. The number of aromatic nitrogens is 3. The molecule has 0 fully saturated rings. The minimum absolute atomic E-state index is 0.0822. The topological polar surface area (TPSA) is 50.9 Å². The molecule has 0 saturated heterocycles. The summed E-state index contributed by atoms with van der Waals surface area (Å²) in [6.07, 6.45) is 1.85. The van der Waals surface area contributed by atoms with Gasteiger partial charge in [0.1, 0.15) is 11.6 Å². The largest absolute Gasteiger partial charge is 0.507 e. The van der Waals surface area contributed by atoms with Crippen molar-refractivity contribution >= 4 is 11.0 Å². The Morgan fingerprint density at radius 3 is 1.83 bits per heavy atom. The van der Waals surface area contributed by atoms with Crippen molar-refractivity contribution in [2.24, 2.45) is 0 Å². The molecule has 2 heterocycles. The van der Waals surface area contributed by atoms with E-state index in [1.807, 2.05) is 66.9 Å². The van der Waals surface area contributed by atoms with E-state index < -0.39 is 0 Å². The first-order chi connectivity index (χ1) is 23.0. The van der Waals surface area contributed by atoms with Gasteiger partial charge in [0.05, 0.1) is 22.3 Å². The summed E-state index contributed by atoms with van der Waals surface area (Å²) in [4.78, 5) is 10.1. The third kappa shape index (κ3) is 5.91. The lowest BCUT2D eigenvalue weighted by Gasteiger charge is -2.23. The van der Waals surface area contributed by atoms with Crippen molar-refractivity contribution in [1.82, 2.24) is 14.5 Å². The number of phenols is 1. The van der Waals surface area contributed by atoms with Gasteiger partial charge in [0, 0.05) is 23.0 Å². The molecule has 0 atom stereocenters. The lowest BCUT2D eigenvalue weighted by molar-refractivity contribution is 0.477. The standard InChI is InChI=1S/C44H41N3O/c1-43(2,3)33-24-31(23-32(25-33)38-19-13-14-22-45-38)37-27-34(44(4,5)6)28-39-41(37)46-42(47(39)35-17-11-8-12-18-35)36-21-20-30(26-40(36)48)29-15-9-7-10-16-29/h7-28,48H,1-6H3. The Bertz CT molecular complexity index is 2240. The van der Waals surface area contributed by atoms with E-state index in [1.54, 1.807) is 0 Å². The van der Waals surface area contributed by atoms with Crippen molar-refractivity contribution in [2.45, 2.75) is 52.4 Å². The van der Waals surface area contributed by atoms with Crippen molar-refractivity contribution in [3.8, 4) is 56.3 Å². The molecule has 4 nitrogen and oxygen atoms in total. The molecule has 0 bridgehead atoms. The van der Waals surface area contributed by atoms with Gasteiger partial charge in [0.2, 0.25) is 0 Å². The number of hydrogen-bond donors (Lipinski definition) is 1. The van der Waals surface area contributed by atoms with Crippen molar-refractivity contribution in [3.05, 3.63) is 145 Å². The number of phenolic OH excluding ortho intramolecular Hbond substituents is 1. The summed E-state index contributed by atoms with van der Waals surface area (Å²) in [5, 5.41) is 11.6. The average molecular weight is 628 g/mol. The lowest BCUT2D eigenvalue weighted by atomic mass is 9.82. The zero-order valence-corrected chi connectivity index (χ0v) is 28.5. The zero-order valence-electron chi connectivity index (χ0n) is 28.5. The number of imidazole rings is 1. The maximum absolute atomic E-state index is 11.6. The first kappa shape index (κ1) is 31.1. The number of pyridine rings is 1. The summed E-state index contributed by atoms with van der Waals surface area (Å²) in [6, 6.07) is 43.8. The fourth-order valence-corrected chi connectivity index (χ4v) is 6.28. The summed E-state index contributed by atoms with van der Waals surface area (Å²) in [7, 11) is 0. The molecule has 238 valence electrons. The van der Waals surface area contributed by atoms with E-state index in [0.717, 1.165) is 50.2 Å². The second kappa shape index (κ2) is 12.0. The number of aromatic hydroxyl groups is 1. The second-order valence-electron chi connectivity index (χ2n) is 14.6. The normalized spacial score (nSPS) is 12.0. The Balaban J connectivity index is 1.55. The fourth-order valence-electron chi connectivity index (χ4n) is 6.28. The number of nitrogens with zero attached hydrogens (tertiary/aromatic N) is 3. The van der Waals surface area contributed by atoms with E-state index in [-0.39, 0.29) is 16.6 Å². The highest BCUT2D eigenvalue weighted by Crippen LogP contribution is 2.42. The molecule has 0 aliphatic heterocycles. The van der Waals surface area contributed by atoms with Crippen molar-refractivity contribution in [3.63, 3.8) is 0 Å². The van der Waals surface area contributed by atoms with E-state index in [9.17, 15) is 5.11 Å². The van der Waals surface area contributed by atoms with Gasteiger partial charge in [0.25, 0.3) is 0 Å². The highest BCUT2D eigenvalue weighted by Gasteiger charge is 2.25. The number of hydrogen-bond acceptors (Lipinski definition) is 3. The van der Waals surface area contributed by atoms with E-state index in [2.05, 4.69) is 113 Å². The summed E-state index contributed by atoms with van der Waals surface area (Å²) >= 11 is 0. The van der Waals surface area contributed by atoms with Crippen LogP contribution in [0.1, 0.15) is 52.7 Å². The molecule has 5 aromatic carbocycles. The Labute approximate surface area is 283 Å². The third-order valence-electron chi connectivity index (χ3n) is 9.06. The molecule has 1 N–H and O–H groups in total. The molecule has 0 saturated carbocycles. The van der Waals surface area contributed by atoms with Gasteiger partial charge in [0.15, 0.2) is 0 Å². The fraction of sp³-hybridized carbons (Fsp3) is 0.182. The van der Waals surface area contributed by atoms with Gasteiger partial charge in [-0.3, -0.25) is 9.55 Å². The molecular formula is C44H41N3O. The molecule has 2 aromatic heterocycles. The van der Waals surface area contributed by atoms with Crippen LogP contribution in [0.15, 0.2) is 134 Å². The monoisotopic (exact) mass is 627 g/mol. The summed E-state index contributed by atoms with van der Waals surface area (Å²) < 4.78 is 2.19. The van der Waals surface area contributed by atoms with Crippen LogP contribution in [-0.4, -0.2) is 19.6 Å². The molecule has 48 heavy (non-hydrogen) atoms. The molecular weight excluding hydrogens is 587 g/mol. The molecule has 7 aromatic rings. The average Bonchev–Trinajstić information content (AvgIpc) is 3.47. The van der Waals surface area contributed by atoms with Crippen LogP contribution in [0.4, 0.5) is 0 Å². The van der Waals surface area contributed by atoms with Gasteiger partial charge in [-0.05, 0) is 99.3 Å². The number of fused-ring (bicyclic) bond motifs is 1. The maximum Gasteiger partial charge on any atom is 0.149 e. The van der Waals surface area contributed by atoms with Gasteiger partial charge in [-0.25, -0.2) is 4.98 Å². The van der Waals surface area contributed by atoms with E-state index in [4.69, 9.17) is 9.97 Å². The Morgan fingerprint density at radius 2 is 1.19 bits per heavy atom. The van der Waals surface area contributed by atoms with Gasteiger partial charge >= 0.3 is 0 Å². The van der Waals surface area contributed by atoms with Crippen LogP contribution in [0.2, 0.25) is 0 Å². The molecule has 4 heteroatoms. The second-order valence-corrected chi connectivity index (χ2v) is 14.6. The molecule has 0 aliphatic rings. The SMILES string of the molecule is CC(C)(C)c1cc(-c2ccccn2)cc(-c2cc(C(C)(C)C)cc3c2nc(-c2ccc(-c4ccccc4)cc2O)n3-c2ccccc2)c1. The predicted octanol–water partition coefficient (Wildman–Crippen LogP) is 11.4. The maximum atomic E-state index is 11.6. The van der Waals surface area contributed by atoms with E-state index in [0.29, 0.717) is 11.4 Å². The molecule has 0 spiro atoms. The van der Waals surface area contributed by atoms with Crippen LogP contribution in [0.5, 0.6) is 5.75 Å². The van der Waals surface area contributed by atoms with E-state index >= 15 is 0 Å². The van der Waals surface area contributed by atoms with Crippen molar-refractivity contribution in [2.75, 3.05) is 0 Å². The number of rotatable bonds is 5. The highest BCUT2D eigenvalue weighted by atomic mass is 16.3. The summed E-state index contributed by atoms with van der Waals surface area (Å²) in [5.41, 5.74) is 11.9. The Hall–Kier alpha value is -5.48. The highest BCUT2D eigenvalue weighted by molar-refractivity contribution is 5.97. The predicted molar refractivity (Wildman–Crippen MR) is 200 cm³/mol.